The van der Waals surface area contributed by atoms with Crippen molar-refractivity contribution in [3.8, 4) is 12.1 Å². The number of rotatable bonds is 1. The van der Waals surface area contributed by atoms with Crippen molar-refractivity contribution in [3.63, 3.8) is 0 Å². The fourth-order valence-corrected chi connectivity index (χ4v) is 5.43. The third-order valence-corrected chi connectivity index (χ3v) is 6.42. The summed E-state index contributed by atoms with van der Waals surface area (Å²) in [6.07, 6.45) is 0. The Labute approximate surface area is 132 Å². The van der Waals surface area contributed by atoms with Crippen LogP contribution in [0.5, 0.6) is 0 Å². The summed E-state index contributed by atoms with van der Waals surface area (Å²) in [6, 6.07) is 12.7. The van der Waals surface area contributed by atoms with E-state index in [9.17, 15) is 10.5 Å². The molecule has 3 aliphatic rings. The van der Waals surface area contributed by atoms with E-state index in [1.807, 2.05) is 31.2 Å². The summed E-state index contributed by atoms with van der Waals surface area (Å²) in [5.41, 5.74) is 6.29. The maximum atomic E-state index is 9.99. The summed E-state index contributed by atoms with van der Waals surface area (Å²) in [5, 5.41) is 18.9. The first-order chi connectivity index (χ1) is 10.6. The van der Waals surface area contributed by atoms with Crippen LogP contribution in [0.15, 0.2) is 24.3 Å². The summed E-state index contributed by atoms with van der Waals surface area (Å²) in [5.74, 6) is 0.880. The van der Waals surface area contributed by atoms with Gasteiger partial charge < -0.3 is 4.74 Å². The second-order valence-corrected chi connectivity index (χ2v) is 7.31. The fourth-order valence-electron chi connectivity index (χ4n) is 4.08. The predicted molar refractivity (Wildman–Crippen MR) is 81.3 cm³/mol. The number of nitrogens with zero attached hydrogens (tertiary/aromatic N) is 2. The Balaban J connectivity index is 1.92. The Hall–Kier alpha value is -2.02. The summed E-state index contributed by atoms with van der Waals surface area (Å²) in [6.45, 7) is 2.56. The minimum Gasteiger partial charge on any atom is -0.327 e. The standard InChI is InChI=1S/C16H14N4OS/c1-10-2-4-11(5-3-10)12-14(8-17)13(19)20-16(15(12,14)9-18)21-6-7-22-16/h2-5,12H,6-7H2,1H3,(H2,19,20)/p+1/t12-,14-,15-,16-/m1/s1. The zero-order chi connectivity index (χ0) is 15.6. The summed E-state index contributed by atoms with van der Waals surface area (Å²) in [4.78, 5) is 3.11. The van der Waals surface area contributed by atoms with E-state index in [4.69, 9.17) is 10.5 Å². The molecule has 5 nitrogen and oxygen atoms in total. The molecule has 0 amide bonds. The number of fused-ring (bicyclic) bond motifs is 2. The quantitative estimate of drug-likeness (QED) is 0.760. The Bertz CT molecular complexity index is 769. The number of ether oxygens (including phenoxy) is 1. The van der Waals surface area contributed by atoms with Gasteiger partial charge in [0.15, 0.2) is 10.8 Å². The van der Waals surface area contributed by atoms with E-state index in [0.717, 1.165) is 16.9 Å². The van der Waals surface area contributed by atoms with E-state index < -0.39 is 15.9 Å². The first-order valence-electron chi connectivity index (χ1n) is 7.16. The van der Waals surface area contributed by atoms with E-state index in [0.29, 0.717) is 12.4 Å². The van der Waals surface area contributed by atoms with Crippen molar-refractivity contribution in [2.45, 2.75) is 17.9 Å². The van der Waals surface area contributed by atoms with Crippen LogP contribution in [0, 0.1) is 40.4 Å². The van der Waals surface area contributed by atoms with Gasteiger partial charge in [-0.25, -0.2) is 4.99 Å². The van der Waals surface area contributed by atoms with Crippen LogP contribution in [-0.2, 0) is 4.74 Å². The molecular weight excluding hydrogens is 296 g/mol. The lowest BCUT2D eigenvalue weighted by Gasteiger charge is -2.23. The summed E-state index contributed by atoms with van der Waals surface area (Å²) < 4.78 is 5.90. The van der Waals surface area contributed by atoms with Crippen molar-refractivity contribution in [2.75, 3.05) is 12.4 Å². The van der Waals surface area contributed by atoms with Crippen LogP contribution in [0.2, 0.25) is 0 Å². The molecule has 2 heterocycles. The molecule has 0 aromatic heterocycles. The largest absolute Gasteiger partial charge is 0.327 e. The molecular formula is C16H15N4OS+. The molecule has 1 aromatic rings. The predicted octanol–water partition coefficient (Wildman–Crippen LogP) is -0.0192. The molecule has 22 heavy (non-hydrogen) atoms. The number of hydrogen-bond donors (Lipinski definition) is 2. The van der Waals surface area contributed by atoms with E-state index in [1.54, 1.807) is 0 Å². The van der Waals surface area contributed by atoms with Gasteiger partial charge >= 0.3 is 0 Å². The molecule has 110 valence electrons. The number of amidine groups is 1. The topological polar surface area (TPSA) is 96.8 Å². The number of benzene rings is 1. The number of nitrogens with two attached hydrogens (primary N) is 1. The number of nitrogens with one attached hydrogen (secondary N) is 1. The highest BCUT2D eigenvalue weighted by Gasteiger charge is 2.96. The van der Waals surface area contributed by atoms with Crippen molar-refractivity contribution in [1.82, 2.24) is 0 Å². The highest BCUT2D eigenvalue weighted by molar-refractivity contribution is 8.00. The second-order valence-electron chi connectivity index (χ2n) is 6.04. The first kappa shape index (κ1) is 13.6. The fraction of sp³-hybridized carbons (Fsp3) is 0.438. The molecule has 0 bridgehead atoms. The van der Waals surface area contributed by atoms with Gasteiger partial charge in [0.2, 0.25) is 0 Å². The lowest BCUT2D eigenvalue weighted by molar-refractivity contribution is -0.583. The van der Waals surface area contributed by atoms with Gasteiger partial charge in [-0.15, -0.1) is 0 Å². The highest BCUT2D eigenvalue weighted by Crippen LogP contribution is 2.80. The van der Waals surface area contributed by atoms with Crippen LogP contribution >= 0.6 is 11.8 Å². The van der Waals surface area contributed by atoms with Crippen LogP contribution in [-0.4, -0.2) is 23.3 Å². The van der Waals surface area contributed by atoms with Gasteiger partial charge in [-0.2, -0.15) is 10.5 Å². The van der Waals surface area contributed by atoms with Gasteiger partial charge in [-0.05, 0) is 12.5 Å². The summed E-state index contributed by atoms with van der Waals surface area (Å²) in [7, 11) is 0. The van der Waals surface area contributed by atoms with E-state index in [-0.39, 0.29) is 5.92 Å². The van der Waals surface area contributed by atoms with Gasteiger partial charge in [0.1, 0.15) is 0 Å². The molecule has 1 aliphatic carbocycles. The SMILES string of the molecule is Cc1ccc([C@H]2[C@@]3(C#N)[C@@]4([NH+]=C(N)[C@@]23C#N)OCCS4)cc1. The minimum atomic E-state index is -1.02. The third kappa shape index (κ3) is 1.19. The smallest absolute Gasteiger partial charge is 0.277 e. The van der Waals surface area contributed by atoms with Crippen LogP contribution in [0.1, 0.15) is 17.0 Å². The molecule has 4 rings (SSSR count). The third-order valence-electron chi connectivity index (χ3n) is 5.11. The van der Waals surface area contributed by atoms with E-state index in [1.165, 1.54) is 11.8 Å². The number of thioether (sulfide) groups is 1. The Morgan fingerprint density at radius 2 is 2.05 bits per heavy atom. The lowest BCUT2D eigenvalue weighted by atomic mass is 9.95. The van der Waals surface area contributed by atoms with Gasteiger partial charge in [0.05, 0.1) is 18.7 Å². The number of nitriles is 2. The molecule has 2 fully saturated rings. The zero-order valence-electron chi connectivity index (χ0n) is 12.1. The van der Waals surface area contributed by atoms with Crippen LogP contribution in [0.3, 0.4) is 0 Å². The first-order valence-corrected chi connectivity index (χ1v) is 8.14. The van der Waals surface area contributed by atoms with Crippen molar-refractivity contribution >= 4 is 17.6 Å². The second kappa shape index (κ2) is 4.04. The van der Waals surface area contributed by atoms with Crippen molar-refractivity contribution in [2.24, 2.45) is 16.6 Å². The molecule has 1 spiro atoms. The molecule has 2 aliphatic heterocycles. The Morgan fingerprint density at radius 1 is 1.32 bits per heavy atom. The van der Waals surface area contributed by atoms with Gasteiger partial charge in [-0.3, -0.25) is 5.73 Å². The molecule has 1 aromatic carbocycles. The van der Waals surface area contributed by atoms with Gasteiger partial charge in [-0.1, -0.05) is 41.6 Å². The van der Waals surface area contributed by atoms with Gasteiger partial charge in [0, 0.05) is 11.7 Å². The Morgan fingerprint density at radius 3 is 2.59 bits per heavy atom. The maximum absolute atomic E-state index is 9.99. The maximum Gasteiger partial charge on any atom is 0.277 e. The number of hydrogen-bond acceptors (Lipinski definition) is 5. The summed E-state index contributed by atoms with van der Waals surface area (Å²) >= 11 is 1.54. The molecule has 0 radical (unpaired) electrons. The van der Waals surface area contributed by atoms with Crippen LogP contribution in [0.4, 0.5) is 0 Å². The molecule has 3 N–H and O–H groups in total. The van der Waals surface area contributed by atoms with E-state index >= 15 is 0 Å². The normalized spacial score (nSPS) is 41.6. The monoisotopic (exact) mass is 311 g/mol. The molecule has 6 heteroatoms. The average Bonchev–Trinajstić information content (AvgIpc) is 2.77. The minimum absolute atomic E-state index is 0.262. The zero-order valence-corrected chi connectivity index (χ0v) is 12.9. The molecule has 1 saturated carbocycles. The van der Waals surface area contributed by atoms with Crippen molar-refractivity contribution in [3.05, 3.63) is 35.4 Å². The lowest BCUT2D eigenvalue weighted by Crippen LogP contribution is -2.88. The van der Waals surface area contributed by atoms with Crippen molar-refractivity contribution in [1.29, 1.82) is 10.5 Å². The molecule has 0 unspecified atom stereocenters. The molecule has 1 saturated heterocycles. The molecule has 4 atom stereocenters. The van der Waals surface area contributed by atoms with Crippen LogP contribution < -0.4 is 10.7 Å². The number of aryl methyl sites for hydroxylation is 1. The van der Waals surface area contributed by atoms with Crippen molar-refractivity contribution < 1.29 is 9.73 Å². The van der Waals surface area contributed by atoms with Gasteiger partial charge in [0.25, 0.3) is 10.9 Å². The van der Waals surface area contributed by atoms with E-state index in [2.05, 4.69) is 17.1 Å². The van der Waals surface area contributed by atoms with Crippen LogP contribution in [0.25, 0.3) is 0 Å². The Kier molecular flexibility index (Phi) is 2.50. The average molecular weight is 311 g/mol. The highest BCUT2D eigenvalue weighted by atomic mass is 32.2.